The fraction of sp³-hybridized carbons (Fsp3) is 0.200. The van der Waals surface area contributed by atoms with Gasteiger partial charge in [-0.05, 0) is 35.0 Å². The zero-order valence-electron chi connectivity index (χ0n) is 11.5. The van der Waals surface area contributed by atoms with Crippen LogP contribution in [-0.4, -0.2) is 27.2 Å². The summed E-state index contributed by atoms with van der Waals surface area (Å²) in [6.07, 6.45) is 6.25. The molecule has 0 aliphatic heterocycles. The van der Waals surface area contributed by atoms with E-state index >= 15 is 0 Å². The smallest absolute Gasteiger partial charge is 0.328 e. The maximum Gasteiger partial charge on any atom is 0.328 e. The van der Waals surface area contributed by atoms with Crippen molar-refractivity contribution < 1.29 is 14.6 Å². The number of carboxylic acids is 1. The molecule has 0 fully saturated rings. The minimum Gasteiger partial charge on any atom is -0.490 e. The van der Waals surface area contributed by atoms with Crippen molar-refractivity contribution in [1.29, 1.82) is 0 Å². The standard InChI is InChI=1S/C15H15BrN2O3/c1-11-17-7-8-18(11)9-10-21-15-12(5-6-14(19)20)3-2-4-13(15)16/h2-8H,9-10H2,1H3,(H,19,20). The summed E-state index contributed by atoms with van der Waals surface area (Å²) >= 11 is 3.42. The number of carboxylic acid groups (broad SMARTS) is 1. The van der Waals surface area contributed by atoms with Gasteiger partial charge >= 0.3 is 5.97 Å². The van der Waals surface area contributed by atoms with Crippen LogP contribution in [0.1, 0.15) is 11.4 Å². The quantitative estimate of drug-likeness (QED) is 0.813. The summed E-state index contributed by atoms with van der Waals surface area (Å²) in [5.74, 6) is 0.569. The van der Waals surface area contributed by atoms with E-state index in [1.54, 1.807) is 6.20 Å². The molecule has 1 N–H and O–H groups in total. The van der Waals surface area contributed by atoms with Gasteiger partial charge < -0.3 is 14.4 Å². The van der Waals surface area contributed by atoms with Crippen molar-refractivity contribution in [3.05, 3.63) is 52.5 Å². The fourth-order valence-corrected chi connectivity index (χ4v) is 2.35. The summed E-state index contributed by atoms with van der Waals surface area (Å²) in [5, 5.41) is 8.72. The second-order valence-corrected chi connectivity index (χ2v) is 5.20. The second kappa shape index (κ2) is 7.08. The molecule has 0 atom stereocenters. The van der Waals surface area contributed by atoms with Gasteiger partial charge in [-0.2, -0.15) is 0 Å². The van der Waals surface area contributed by atoms with E-state index in [4.69, 9.17) is 9.84 Å². The highest BCUT2D eigenvalue weighted by Crippen LogP contribution is 2.30. The van der Waals surface area contributed by atoms with Crippen molar-refractivity contribution in [2.24, 2.45) is 0 Å². The van der Waals surface area contributed by atoms with E-state index in [1.165, 1.54) is 6.08 Å². The first-order valence-electron chi connectivity index (χ1n) is 6.38. The van der Waals surface area contributed by atoms with E-state index in [-0.39, 0.29) is 0 Å². The van der Waals surface area contributed by atoms with Crippen LogP contribution < -0.4 is 4.74 Å². The van der Waals surface area contributed by atoms with Gasteiger partial charge in [0.1, 0.15) is 18.2 Å². The lowest BCUT2D eigenvalue weighted by Gasteiger charge is -2.12. The number of rotatable bonds is 6. The molecule has 0 radical (unpaired) electrons. The highest BCUT2D eigenvalue weighted by Gasteiger charge is 2.07. The Bertz CT molecular complexity index is 665. The van der Waals surface area contributed by atoms with Crippen LogP contribution >= 0.6 is 15.9 Å². The molecule has 0 bridgehead atoms. The highest BCUT2D eigenvalue weighted by atomic mass is 79.9. The molecular formula is C15H15BrN2O3. The van der Waals surface area contributed by atoms with Crippen molar-refractivity contribution >= 4 is 28.0 Å². The molecule has 6 heteroatoms. The van der Waals surface area contributed by atoms with Crippen LogP contribution in [0, 0.1) is 6.92 Å². The molecule has 5 nitrogen and oxygen atoms in total. The van der Waals surface area contributed by atoms with E-state index in [2.05, 4.69) is 20.9 Å². The summed E-state index contributed by atoms with van der Waals surface area (Å²) in [6, 6.07) is 5.50. The Morgan fingerprint density at radius 1 is 1.52 bits per heavy atom. The molecular weight excluding hydrogens is 336 g/mol. The number of benzene rings is 1. The number of aryl methyl sites for hydroxylation is 1. The van der Waals surface area contributed by atoms with Crippen LogP contribution in [0.15, 0.2) is 41.1 Å². The number of aliphatic carboxylic acids is 1. The van der Waals surface area contributed by atoms with Crippen molar-refractivity contribution in [2.45, 2.75) is 13.5 Å². The molecule has 0 amide bonds. The lowest BCUT2D eigenvalue weighted by atomic mass is 10.2. The lowest BCUT2D eigenvalue weighted by Crippen LogP contribution is -2.09. The highest BCUT2D eigenvalue weighted by molar-refractivity contribution is 9.10. The lowest BCUT2D eigenvalue weighted by molar-refractivity contribution is -0.131. The molecule has 2 aromatic rings. The van der Waals surface area contributed by atoms with Crippen molar-refractivity contribution in [3.63, 3.8) is 0 Å². The van der Waals surface area contributed by atoms with Gasteiger partial charge in [-0.25, -0.2) is 9.78 Å². The maximum atomic E-state index is 10.6. The second-order valence-electron chi connectivity index (χ2n) is 4.35. The van der Waals surface area contributed by atoms with Gasteiger partial charge in [-0.3, -0.25) is 0 Å². The van der Waals surface area contributed by atoms with Gasteiger partial charge in [-0.15, -0.1) is 0 Å². The van der Waals surface area contributed by atoms with Gasteiger partial charge in [0.2, 0.25) is 0 Å². The number of nitrogens with zero attached hydrogens (tertiary/aromatic N) is 2. The normalized spacial score (nSPS) is 11.0. The third-order valence-electron chi connectivity index (χ3n) is 2.91. The number of hydrogen-bond donors (Lipinski definition) is 1. The summed E-state index contributed by atoms with van der Waals surface area (Å²) in [5.41, 5.74) is 0.717. The van der Waals surface area contributed by atoms with E-state index in [0.29, 0.717) is 24.5 Å². The summed E-state index contributed by atoms with van der Waals surface area (Å²) in [4.78, 5) is 14.8. The molecule has 1 heterocycles. The predicted octanol–water partition coefficient (Wildman–Crippen LogP) is 3.13. The molecule has 1 aromatic heterocycles. The van der Waals surface area contributed by atoms with E-state index < -0.39 is 5.97 Å². The first-order chi connectivity index (χ1) is 10.1. The Morgan fingerprint density at radius 3 is 3.00 bits per heavy atom. The Kier molecular flexibility index (Phi) is 5.16. The molecule has 21 heavy (non-hydrogen) atoms. The zero-order chi connectivity index (χ0) is 15.2. The monoisotopic (exact) mass is 350 g/mol. The van der Waals surface area contributed by atoms with Gasteiger partial charge in [-0.1, -0.05) is 12.1 Å². The number of carbonyl (C=O) groups is 1. The Labute approximate surface area is 131 Å². The Morgan fingerprint density at radius 2 is 2.33 bits per heavy atom. The average molecular weight is 351 g/mol. The molecule has 0 spiro atoms. The van der Waals surface area contributed by atoms with Gasteiger partial charge in [0.05, 0.1) is 11.0 Å². The number of hydrogen-bond acceptors (Lipinski definition) is 3. The molecule has 1 aromatic carbocycles. The first-order valence-corrected chi connectivity index (χ1v) is 7.17. The van der Waals surface area contributed by atoms with E-state index in [9.17, 15) is 4.79 Å². The molecule has 0 aliphatic carbocycles. The van der Waals surface area contributed by atoms with Gasteiger partial charge in [0.25, 0.3) is 0 Å². The Balaban J connectivity index is 2.08. The van der Waals surface area contributed by atoms with E-state index in [1.807, 2.05) is 35.9 Å². The van der Waals surface area contributed by atoms with Crippen molar-refractivity contribution in [1.82, 2.24) is 9.55 Å². The molecule has 0 aliphatic rings. The number of aromatic nitrogens is 2. The number of ether oxygens (including phenoxy) is 1. The zero-order valence-corrected chi connectivity index (χ0v) is 13.1. The average Bonchev–Trinajstić information content (AvgIpc) is 2.84. The topological polar surface area (TPSA) is 64.4 Å². The van der Waals surface area contributed by atoms with Crippen LogP contribution in [0.3, 0.4) is 0 Å². The van der Waals surface area contributed by atoms with Crippen LogP contribution in [-0.2, 0) is 11.3 Å². The van der Waals surface area contributed by atoms with Crippen LogP contribution in [0.5, 0.6) is 5.75 Å². The third-order valence-corrected chi connectivity index (χ3v) is 3.53. The molecule has 2 rings (SSSR count). The summed E-state index contributed by atoms with van der Waals surface area (Å²) in [7, 11) is 0. The van der Waals surface area contributed by atoms with Crippen molar-refractivity contribution in [3.8, 4) is 5.75 Å². The summed E-state index contributed by atoms with van der Waals surface area (Å²) < 4.78 is 8.57. The molecule has 110 valence electrons. The van der Waals surface area contributed by atoms with Crippen molar-refractivity contribution in [2.75, 3.05) is 6.61 Å². The SMILES string of the molecule is Cc1nccn1CCOc1c(Br)cccc1C=CC(=O)O. The Hall–Kier alpha value is -2.08. The van der Waals surface area contributed by atoms with Crippen LogP contribution in [0.2, 0.25) is 0 Å². The van der Waals surface area contributed by atoms with Gasteiger partial charge in [0, 0.05) is 24.0 Å². The number of halogens is 1. The number of para-hydroxylation sites is 1. The predicted molar refractivity (Wildman–Crippen MR) is 83.3 cm³/mol. The first kappa shape index (κ1) is 15.3. The van der Waals surface area contributed by atoms with E-state index in [0.717, 1.165) is 16.4 Å². The summed E-state index contributed by atoms with van der Waals surface area (Å²) in [6.45, 7) is 3.07. The minimum absolute atomic E-state index is 0.466. The van der Waals surface area contributed by atoms with Crippen LogP contribution in [0.4, 0.5) is 0 Å². The minimum atomic E-state index is -0.991. The maximum absolute atomic E-state index is 10.6. The largest absolute Gasteiger partial charge is 0.490 e. The van der Waals surface area contributed by atoms with Gasteiger partial charge in [0.15, 0.2) is 0 Å². The third kappa shape index (κ3) is 4.19. The molecule has 0 saturated carbocycles. The van der Waals surface area contributed by atoms with Crippen LogP contribution in [0.25, 0.3) is 6.08 Å². The molecule has 0 unspecified atom stereocenters. The fourth-order valence-electron chi connectivity index (χ4n) is 1.86. The molecule has 0 saturated heterocycles. The number of imidazole rings is 1.